The molecule has 1 N–H and O–H groups in total. The first kappa shape index (κ1) is 16.7. The van der Waals surface area contributed by atoms with Crippen molar-refractivity contribution >= 4 is 5.91 Å². The normalized spacial score (nSPS) is 13.3. The number of benzene rings is 1. The molecule has 1 amide bonds. The molecule has 0 bridgehead atoms. The van der Waals surface area contributed by atoms with Crippen LogP contribution in [0.1, 0.15) is 32.4 Å². The van der Waals surface area contributed by atoms with Gasteiger partial charge in [-0.3, -0.25) is 4.79 Å². The zero-order chi connectivity index (χ0) is 15.2. The molecule has 0 saturated heterocycles. The molecule has 1 aromatic rings. The maximum absolute atomic E-state index is 11.8. The van der Waals surface area contributed by atoms with Crippen LogP contribution in [0, 0.1) is 0 Å². The maximum atomic E-state index is 11.8. The van der Waals surface area contributed by atoms with Gasteiger partial charge < -0.3 is 15.0 Å². The molecular formula is C16H26N2O2. The Labute approximate surface area is 122 Å². The molecule has 0 aliphatic rings. The molecule has 0 saturated carbocycles. The summed E-state index contributed by atoms with van der Waals surface area (Å²) in [7, 11) is 4.02. The van der Waals surface area contributed by atoms with E-state index in [1.54, 1.807) is 0 Å². The highest BCUT2D eigenvalue weighted by Crippen LogP contribution is 2.16. The number of hydrogen-bond acceptors (Lipinski definition) is 3. The highest BCUT2D eigenvalue weighted by atomic mass is 16.5. The Morgan fingerprint density at radius 2 is 1.85 bits per heavy atom. The fourth-order valence-corrected chi connectivity index (χ4v) is 1.82. The molecular weight excluding hydrogens is 252 g/mol. The van der Waals surface area contributed by atoms with Crippen molar-refractivity contribution in [3.8, 4) is 0 Å². The third kappa shape index (κ3) is 6.17. The average Bonchev–Trinajstić information content (AvgIpc) is 2.36. The van der Waals surface area contributed by atoms with Crippen LogP contribution in [0.2, 0.25) is 0 Å². The molecule has 1 rings (SSSR count). The highest BCUT2D eigenvalue weighted by Gasteiger charge is 2.16. The number of likely N-dealkylation sites (N-methyl/N-ethyl adjacent to an activating group) is 1. The second-order valence-electron chi connectivity index (χ2n) is 6.10. The summed E-state index contributed by atoms with van der Waals surface area (Å²) in [6.45, 7) is 6.48. The highest BCUT2D eigenvalue weighted by molar-refractivity contribution is 5.77. The van der Waals surface area contributed by atoms with Gasteiger partial charge in [0.15, 0.2) is 0 Å². The predicted octanol–water partition coefficient (Wildman–Crippen LogP) is 2.22. The number of rotatable bonds is 6. The van der Waals surface area contributed by atoms with Crippen LogP contribution in [-0.4, -0.2) is 43.7 Å². The zero-order valence-corrected chi connectivity index (χ0v) is 13.1. The van der Waals surface area contributed by atoms with Gasteiger partial charge in [0.2, 0.25) is 5.91 Å². The van der Waals surface area contributed by atoms with Gasteiger partial charge in [0.05, 0.1) is 11.6 Å². The van der Waals surface area contributed by atoms with Gasteiger partial charge in [0.1, 0.15) is 6.61 Å². The Hall–Kier alpha value is -1.39. The van der Waals surface area contributed by atoms with E-state index in [9.17, 15) is 4.79 Å². The largest absolute Gasteiger partial charge is 0.366 e. The SMILES string of the molecule is CN(C)C(CNC(=O)COC(C)(C)C)c1ccccc1. The minimum absolute atomic E-state index is 0.0808. The molecule has 0 radical (unpaired) electrons. The van der Waals surface area contributed by atoms with Crippen molar-refractivity contribution in [2.45, 2.75) is 32.4 Å². The van der Waals surface area contributed by atoms with Gasteiger partial charge in [-0.05, 0) is 40.4 Å². The van der Waals surface area contributed by atoms with Crippen LogP contribution in [0.25, 0.3) is 0 Å². The lowest BCUT2D eigenvalue weighted by Gasteiger charge is -2.25. The number of hydrogen-bond donors (Lipinski definition) is 1. The number of nitrogens with zero attached hydrogens (tertiary/aromatic N) is 1. The molecule has 0 aromatic heterocycles. The summed E-state index contributed by atoms with van der Waals surface area (Å²) in [5.41, 5.74) is 0.895. The second-order valence-corrected chi connectivity index (χ2v) is 6.10. The van der Waals surface area contributed by atoms with Crippen molar-refractivity contribution in [1.82, 2.24) is 10.2 Å². The van der Waals surface area contributed by atoms with Crippen molar-refractivity contribution in [2.24, 2.45) is 0 Å². The topological polar surface area (TPSA) is 41.6 Å². The van der Waals surface area contributed by atoms with Crippen LogP contribution in [0.15, 0.2) is 30.3 Å². The van der Waals surface area contributed by atoms with E-state index < -0.39 is 0 Å². The van der Waals surface area contributed by atoms with Crippen molar-refractivity contribution in [1.29, 1.82) is 0 Å². The van der Waals surface area contributed by atoms with Gasteiger partial charge in [0.25, 0.3) is 0 Å². The first-order valence-corrected chi connectivity index (χ1v) is 6.91. The summed E-state index contributed by atoms with van der Waals surface area (Å²) in [5.74, 6) is -0.0808. The summed E-state index contributed by atoms with van der Waals surface area (Å²) in [4.78, 5) is 13.9. The smallest absolute Gasteiger partial charge is 0.246 e. The Kier molecular flexibility index (Phi) is 6.17. The van der Waals surface area contributed by atoms with Crippen LogP contribution >= 0.6 is 0 Å². The molecule has 0 heterocycles. The van der Waals surface area contributed by atoms with Crippen LogP contribution in [0.4, 0.5) is 0 Å². The van der Waals surface area contributed by atoms with Crippen molar-refractivity contribution in [3.63, 3.8) is 0 Å². The lowest BCUT2D eigenvalue weighted by atomic mass is 10.1. The number of ether oxygens (including phenoxy) is 1. The van der Waals surface area contributed by atoms with Gasteiger partial charge >= 0.3 is 0 Å². The third-order valence-electron chi connectivity index (χ3n) is 2.94. The lowest BCUT2D eigenvalue weighted by Crippen LogP contribution is -2.37. The molecule has 0 aliphatic heterocycles. The van der Waals surface area contributed by atoms with E-state index in [1.165, 1.54) is 5.56 Å². The Morgan fingerprint density at radius 3 is 2.35 bits per heavy atom. The number of carbonyl (C=O) groups excluding carboxylic acids is 1. The molecule has 4 nitrogen and oxygen atoms in total. The quantitative estimate of drug-likeness (QED) is 0.867. The van der Waals surface area contributed by atoms with Gasteiger partial charge in [0, 0.05) is 6.54 Å². The van der Waals surface area contributed by atoms with Crippen LogP contribution in [0.5, 0.6) is 0 Å². The average molecular weight is 278 g/mol. The standard InChI is InChI=1S/C16H26N2O2/c1-16(2,3)20-12-15(19)17-11-14(18(4)5)13-9-7-6-8-10-13/h6-10,14H,11-12H2,1-5H3,(H,17,19). The molecule has 0 aliphatic carbocycles. The van der Waals surface area contributed by atoms with Crippen molar-refractivity contribution in [3.05, 3.63) is 35.9 Å². The van der Waals surface area contributed by atoms with Gasteiger partial charge in [-0.1, -0.05) is 30.3 Å². The Morgan fingerprint density at radius 1 is 1.25 bits per heavy atom. The van der Waals surface area contributed by atoms with E-state index in [2.05, 4.69) is 22.3 Å². The molecule has 112 valence electrons. The fourth-order valence-electron chi connectivity index (χ4n) is 1.82. The second kappa shape index (κ2) is 7.41. The molecule has 1 atom stereocenters. The lowest BCUT2D eigenvalue weighted by molar-refractivity contribution is -0.130. The van der Waals surface area contributed by atoms with Crippen molar-refractivity contribution in [2.75, 3.05) is 27.2 Å². The number of nitrogens with one attached hydrogen (secondary N) is 1. The van der Waals surface area contributed by atoms with E-state index in [0.29, 0.717) is 6.54 Å². The van der Waals surface area contributed by atoms with Crippen molar-refractivity contribution < 1.29 is 9.53 Å². The molecule has 0 fully saturated rings. The van der Waals surface area contributed by atoms with Crippen LogP contribution < -0.4 is 5.32 Å². The van der Waals surface area contributed by atoms with E-state index in [-0.39, 0.29) is 24.2 Å². The van der Waals surface area contributed by atoms with Crippen LogP contribution in [-0.2, 0) is 9.53 Å². The fraction of sp³-hybridized carbons (Fsp3) is 0.562. The summed E-state index contributed by atoms with van der Waals surface area (Å²) in [6.07, 6.45) is 0. The van der Waals surface area contributed by atoms with E-state index >= 15 is 0 Å². The zero-order valence-electron chi connectivity index (χ0n) is 13.1. The number of amides is 1. The van der Waals surface area contributed by atoms with Gasteiger partial charge in [-0.15, -0.1) is 0 Å². The van der Waals surface area contributed by atoms with E-state index in [0.717, 1.165) is 0 Å². The molecule has 1 unspecified atom stereocenters. The maximum Gasteiger partial charge on any atom is 0.246 e. The minimum Gasteiger partial charge on any atom is -0.366 e. The summed E-state index contributed by atoms with van der Waals surface area (Å²) < 4.78 is 5.46. The minimum atomic E-state index is -0.294. The molecule has 0 spiro atoms. The van der Waals surface area contributed by atoms with Gasteiger partial charge in [-0.25, -0.2) is 0 Å². The summed E-state index contributed by atoms with van der Waals surface area (Å²) in [5, 5.41) is 2.93. The first-order chi connectivity index (χ1) is 9.29. The Balaban J connectivity index is 2.50. The van der Waals surface area contributed by atoms with E-state index in [4.69, 9.17) is 4.74 Å². The Bertz CT molecular complexity index is 410. The monoisotopic (exact) mass is 278 g/mol. The summed E-state index contributed by atoms with van der Waals surface area (Å²) in [6, 6.07) is 10.3. The predicted molar refractivity (Wildman–Crippen MR) is 81.6 cm³/mol. The van der Waals surface area contributed by atoms with Gasteiger partial charge in [-0.2, -0.15) is 0 Å². The van der Waals surface area contributed by atoms with Crippen LogP contribution in [0.3, 0.4) is 0 Å². The number of carbonyl (C=O) groups is 1. The third-order valence-corrected chi connectivity index (χ3v) is 2.94. The molecule has 1 aromatic carbocycles. The van der Waals surface area contributed by atoms with E-state index in [1.807, 2.05) is 53.1 Å². The first-order valence-electron chi connectivity index (χ1n) is 6.91. The molecule has 4 heteroatoms. The molecule has 20 heavy (non-hydrogen) atoms. The summed E-state index contributed by atoms with van der Waals surface area (Å²) >= 11 is 0.